The van der Waals surface area contributed by atoms with Gasteiger partial charge in [0.25, 0.3) is 0 Å². The normalized spacial score (nSPS) is 11.3. The summed E-state index contributed by atoms with van der Waals surface area (Å²) in [7, 11) is 3.85. The second-order valence-corrected chi connectivity index (χ2v) is 4.21. The molecule has 1 aromatic rings. The molecule has 0 aliphatic rings. The molecule has 0 unspecified atom stereocenters. The molecule has 0 bridgehead atoms. The topological polar surface area (TPSA) is 42.3 Å². The van der Waals surface area contributed by atoms with Crippen LogP contribution in [0.1, 0.15) is 5.82 Å². The van der Waals surface area contributed by atoms with Gasteiger partial charge in [0.05, 0.1) is 6.61 Å². The van der Waals surface area contributed by atoms with Gasteiger partial charge in [-0.2, -0.15) is 0 Å². The maximum Gasteiger partial charge on any atom is 0.105 e. The summed E-state index contributed by atoms with van der Waals surface area (Å²) >= 11 is 0. The van der Waals surface area contributed by atoms with Gasteiger partial charge in [-0.15, -0.1) is 0 Å². The van der Waals surface area contributed by atoms with Crippen LogP contribution in [0.2, 0.25) is 0 Å². The fourth-order valence-corrected chi connectivity index (χ4v) is 1.59. The lowest BCUT2D eigenvalue weighted by atomic mass is 10.5. The van der Waals surface area contributed by atoms with Crippen molar-refractivity contribution < 1.29 is 4.74 Å². The summed E-state index contributed by atoms with van der Waals surface area (Å²) in [6.07, 6.45) is 3.86. The zero-order valence-corrected chi connectivity index (χ0v) is 11.1. The van der Waals surface area contributed by atoms with Crippen molar-refractivity contribution in [3.63, 3.8) is 0 Å². The Hall–Kier alpha value is -0.910. The first kappa shape index (κ1) is 14.2. The Morgan fingerprint density at radius 3 is 2.88 bits per heavy atom. The lowest BCUT2D eigenvalue weighted by Crippen LogP contribution is -2.32. The number of hydrogen-bond acceptors (Lipinski definition) is 4. The molecule has 0 aromatic carbocycles. The molecule has 0 radical (unpaired) electrons. The van der Waals surface area contributed by atoms with E-state index in [9.17, 15) is 0 Å². The maximum atomic E-state index is 5.03. The van der Waals surface area contributed by atoms with Gasteiger partial charge in [-0.1, -0.05) is 0 Å². The Labute approximate surface area is 104 Å². The summed E-state index contributed by atoms with van der Waals surface area (Å²) < 4.78 is 7.18. The number of hydrogen-bond donors (Lipinski definition) is 1. The molecular formula is C12H24N4O. The molecule has 1 rings (SSSR count). The first-order valence-corrected chi connectivity index (χ1v) is 6.10. The predicted octanol–water partition coefficient (Wildman–Crippen LogP) is 0.359. The number of methoxy groups -OCH3 is 1. The minimum atomic E-state index is 0.796. The Kier molecular flexibility index (Phi) is 6.84. The number of likely N-dealkylation sites (N-methyl/N-ethyl adjacent to an activating group) is 1. The molecule has 1 aromatic heterocycles. The van der Waals surface area contributed by atoms with Crippen molar-refractivity contribution in [3.05, 3.63) is 18.2 Å². The van der Waals surface area contributed by atoms with Crippen LogP contribution in [0.4, 0.5) is 0 Å². The Morgan fingerprint density at radius 1 is 1.41 bits per heavy atom. The van der Waals surface area contributed by atoms with E-state index in [4.69, 9.17) is 4.74 Å². The standard InChI is InChI=1S/C12H24N4O/c1-12-14-6-9-16(12)8-5-13-4-7-15(2)10-11-17-3/h6,9,13H,4-5,7-8,10-11H2,1-3H3. The van der Waals surface area contributed by atoms with E-state index in [1.165, 1.54) is 0 Å². The van der Waals surface area contributed by atoms with Crippen LogP contribution in [0, 0.1) is 6.92 Å². The number of aromatic nitrogens is 2. The average molecular weight is 240 g/mol. The fraction of sp³-hybridized carbons (Fsp3) is 0.750. The molecule has 0 saturated carbocycles. The van der Waals surface area contributed by atoms with Crippen LogP contribution in [0.15, 0.2) is 12.4 Å². The largest absolute Gasteiger partial charge is 0.383 e. The molecule has 0 aliphatic heterocycles. The van der Waals surface area contributed by atoms with Crippen molar-refractivity contribution in [1.29, 1.82) is 0 Å². The maximum absolute atomic E-state index is 5.03. The van der Waals surface area contributed by atoms with Crippen molar-refractivity contribution in [2.24, 2.45) is 0 Å². The van der Waals surface area contributed by atoms with E-state index in [0.29, 0.717) is 0 Å². The Morgan fingerprint density at radius 2 is 2.24 bits per heavy atom. The first-order valence-electron chi connectivity index (χ1n) is 6.10. The number of ether oxygens (including phenoxy) is 1. The van der Waals surface area contributed by atoms with Crippen LogP contribution in [0.3, 0.4) is 0 Å². The molecule has 0 saturated heterocycles. The molecular weight excluding hydrogens is 216 g/mol. The van der Waals surface area contributed by atoms with Crippen molar-refractivity contribution >= 4 is 0 Å². The highest BCUT2D eigenvalue weighted by atomic mass is 16.5. The highest BCUT2D eigenvalue weighted by Gasteiger charge is 1.98. The van der Waals surface area contributed by atoms with Crippen molar-refractivity contribution in [2.45, 2.75) is 13.5 Å². The zero-order valence-electron chi connectivity index (χ0n) is 11.1. The average Bonchev–Trinajstić information content (AvgIpc) is 2.72. The van der Waals surface area contributed by atoms with E-state index in [1.54, 1.807) is 7.11 Å². The van der Waals surface area contributed by atoms with E-state index in [1.807, 2.05) is 19.3 Å². The van der Waals surface area contributed by atoms with E-state index in [-0.39, 0.29) is 0 Å². The lowest BCUT2D eigenvalue weighted by Gasteiger charge is -2.16. The van der Waals surface area contributed by atoms with E-state index in [0.717, 1.165) is 45.2 Å². The van der Waals surface area contributed by atoms with E-state index >= 15 is 0 Å². The number of aryl methyl sites for hydroxylation is 1. The van der Waals surface area contributed by atoms with Gasteiger partial charge < -0.3 is 19.5 Å². The van der Waals surface area contributed by atoms with Gasteiger partial charge in [0.2, 0.25) is 0 Å². The van der Waals surface area contributed by atoms with Gasteiger partial charge in [-0.25, -0.2) is 4.98 Å². The monoisotopic (exact) mass is 240 g/mol. The second kappa shape index (κ2) is 8.22. The summed E-state index contributed by atoms with van der Waals surface area (Å²) in [5, 5.41) is 3.43. The highest BCUT2D eigenvalue weighted by Crippen LogP contribution is 1.93. The summed E-state index contributed by atoms with van der Waals surface area (Å²) in [5.41, 5.74) is 0. The molecule has 17 heavy (non-hydrogen) atoms. The SMILES string of the molecule is COCCN(C)CCNCCn1ccnc1C. The summed E-state index contributed by atoms with van der Waals surface area (Å²) in [5.74, 6) is 1.07. The first-order chi connectivity index (χ1) is 8.24. The van der Waals surface area contributed by atoms with Crippen LogP contribution in [-0.4, -0.2) is 61.4 Å². The van der Waals surface area contributed by atoms with E-state index < -0.39 is 0 Å². The van der Waals surface area contributed by atoms with Crippen LogP contribution in [-0.2, 0) is 11.3 Å². The molecule has 0 fully saturated rings. The smallest absolute Gasteiger partial charge is 0.105 e. The molecule has 0 amide bonds. The third-order valence-electron chi connectivity index (χ3n) is 2.80. The molecule has 0 aliphatic carbocycles. The number of nitrogens with one attached hydrogen (secondary N) is 1. The van der Waals surface area contributed by atoms with Gasteiger partial charge in [-0.05, 0) is 14.0 Å². The Bertz CT molecular complexity index is 300. The zero-order chi connectivity index (χ0) is 12.5. The summed E-state index contributed by atoms with van der Waals surface area (Å²) in [4.78, 5) is 6.45. The van der Waals surface area contributed by atoms with Gasteiger partial charge in [0.15, 0.2) is 0 Å². The Balaban J connectivity index is 1.99. The number of imidazole rings is 1. The molecule has 5 heteroatoms. The van der Waals surface area contributed by atoms with Gasteiger partial charge in [-0.3, -0.25) is 0 Å². The minimum Gasteiger partial charge on any atom is -0.383 e. The summed E-state index contributed by atoms with van der Waals surface area (Å²) in [6, 6.07) is 0. The fourth-order valence-electron chi connectivity index (χ4n) is 1.59. The number of rotatable bonds is 9. The van der Waals surface area contributed by atoms with Gasteiger partial charge in [0.1, 0.15) is 5.82 Å². The highest BCUT2D eigenvalue weighted by molar-refractivity contribution is 4.88. The molecule has 0 spiro atoms. The van der Waals surface area contributed by atoms with Gasteiger partial charge >= 0.3 is 0 Å². The molecule has 0 atom stereocenters. The van der Waals surface area contributed by atoms with Crippen molar-refractivity contribution in [2.75, 3.05) is 46.9 Å². The molecule has 5 nitrogen and oxygen atoms in total. The quantitative estimate of drug-likeness (QED) is 0.633. The van der Waals surface area contributed by atoms with Crippen LogP contribution in [0.5, 0.6) is 0 Å². The second-order valence-electron chi connectivity index (χ2n) is 4.21. The molecule has 1 N–H and O–H groups in total. The van der Waals surface area contributed by atoms with Crippen LogP contribution < -0.4 is 5.32 Å². The van der Waals surface area contributed by atoms with E-state index in [2.05, 4.69) is 26.8 Å². The van der Waals surface area contributed by atoms with Crippen molar-refractivity contribution in [3.8, 4) is 0 Å². The lowest BCUT2D eigenvalue weighted by molar-refractivity contribution is 0.161. The third-order valence-corrected chi connectivity index (χ3v) is 2.80. The number of nitrogens with zero attached hydrogens (tertiary/aromatic N) is 3. The predicted molar refractivity (Wildman–Crippen MR) is 69.2 cm³/mol. The molecule has 98 valence electrons. The minimum absolute atomic E-state index is 0.796. The third kappa shape index (κ3) is 5.81. The van der Waals surface area contributed by atoms with Crippen LogP contribution in [0.25, 0.3) is 0 Å². The van der Waals surface area contributed by atoms with Crippen molar-refractivity contribution in [1.82, 2.24) is 19.8 Å². The van der Waals surface area contributed by atoms with Crippen LogP contribution >= 0.6 is 0 Å². The van der Waals surface area contributed by atoms with Gasteiger partial charge in [0, 0.05) is 52.2 Å². The summed E-state index contributed by atoms with van der Waals surface area (Å²) in [6.45, 7) is 7.82. The molecule has 1 heterocycles.